The summed E-state index contributed by atoms with van der Waals surface area (Å²) < 4.78 is 18.9. The Hall–Kier alpha value is -3.16. The van der Waals surface area contributed by atoms with Crippen LogP contribution < -0.4 is 10.6 Å². The molecule has 0 aliphatic heterocycles. The lowest BCUT2D eigenvalue weighted by atomic mass is 10.0. The van der Waals surface area contributed by atoms with E-state index in [-0.39, 0.29) is 22.9 Å². The van der Waals surface area contributed by atoms with E-state index in [0.29, 0.717) is 0 Å². The molecule has 2 amide bonds. The zero-order valence-electron chi connectivity index (χ0n) is 14.3. The quantitative estimate of drug-likeness (QED) is 0.701. The molecule has 1 atom stereocenters. The molecule has 2 rings (SSSR count). The van der Waals surface area contributed by atoms with Crippen molar-refractivity contribution in [1.29, 1.82) is 0 Å². The summed E-state index contributed by atoms with van der Waals surface area (Å²) in [6, 6.07) is 5.91. The first kappa shape index (κ1) is 19.2. The summed E-state index contributed by atoms with van der Waals surface area (Å²) in [5, 5.41) is 13.8. The smallest absolute Gasteiger partial charge is 0.307 e. The van der Waals surface area contributed by atoms with Gasteiger partial charge in [-0.05, 0) is 35.7 Å². The number of amides is 2. The zero-order chi connectivity index (χ0) is 19.3. The molecule has 1 aromatic heterocycles. The van der Waals surface area contributed by atoms with Gasteiger partial charge in [0.2, 0.25) is 5.91 Å². The maximum atomic E-state index is 13.9. The van der Waals surface area contributed by atoms with Gasteiger partial charge in [-0.2, -0.15) is 0 Å². The van der Waals surface area contributed by atoms with Crippen LogP contribution in [0, 0.1) is 11.7 Å². The maximum Gasteiger partial charge on any atom is 0.307 e. The Morgan fingerprint density at radius 1 is 1.23 bits per heavy atom. The van der Waals surface area contributed by atoms with Gasteiger partial charge in [0.25, 0.3) is 5.91 Å². The molecule has 1 unspecified atom stereocenters. The highest BCUT2D eigenvalue weighted by Crippen LogP contribution is 2.16. The van der Waals surface area contributed by atoms with Crippen molar-refractivity contribution >= 4 is 23.5 Å². The molecule has 0 spiro atoms. The van der Waals surface area contributed by atoms with Gasteiger partial charge in [-0.3, -0.25) is 14.4 Å². The summed E-state index contributed by atoms with van der Waals surface area (Å²) >= 11 is 0. The maximum absolute atomic E-state index is 13.9. The summed E-state index contributed by atoms with van der Waals surface area (Å²) in [4.78, 5) is 35.2. The number of aliphatic carboxylic acids is 1. The second kappa shape index (κ2) is 8.28. The van der Waals surface area contributed by atoms with Crippen molar-refractivity contribution in [3.8, 4) is 0 Å². The van der Waals surface area contributed by atoms with E-state index in [9.17, 15) is 18.8 Å². The highest BCUT2D eigenvalue weighted by molar-refractivity contribution is 6.00. The summed E-state index contributed by atoms with van der Waals surface area (Å²) in [6.45, 7) is 3.51. The lowest BCUT2D eigenvalue weighted by molar-refractivity contribution is -0.136. The Bertz CT molecular complexity index is 802. The molecule has 0 aliphatic rings. The van der Waals surface area contributed by atoms with Crippen LogP contribution in [0.1, 0.15) is 30.0 Å². The molecule has 1 heterocycles. The molecule has 8 heteroatoms. The summed E-state index contributed by atoms with van der Waals surface area (Å²) in [5.74, 6) is -3.10. The molecule has 2 aromatic rings. The van der Waals surface area contributed by atoms with Crippen LogP contribution in [0.3, 0.4) is 0 Å². The van der Waals surface area contributed by atoms with Crippen LogP contribution in [0.25, 0.3) is 0 Å². The zero-order valence-corrected chi connectivity index (χ0v) is 14.3. The lowest BCUT2D eigenvalue weighted by Crippen LogP contribution is -2.47. The molecule has 0 fully saturated rings. The third-order valence-electron chi connectivity index (χ3n) is 3.64. The van der Waals surface area contributed by atoms with Crippen LogP contribution in [0.5, 0.6) is 0 Å². The summed E-state index contributed by atoms with van der Waals surface area (Å²) in [7, 11) is 0. The van der Waals surface area contributed by atoms with Gasteiger partial charge in [-0.15, -0.1) is 0 Å². The van der Waals surface area contributed by atoms with Crippen molar-refractivity contribution in [2.45, 2.75) is 26.3 Å². The number of carbonyl (C=O) groups is 3. The number of hydrogen-bond donors (Lipinski definition) is 3. The Morgan fingerprint density at radius 3 is 2.50 bits per heavy atom. The van der Waals surface area contributed by atoms with Crippen LogP contribution in [-0.4, -0.2) is 28.9 Å². The number of carbonyl (C=O) groups excluding carboxylic acids is 2. The highest BCUT2D eigenvalue weighted by Gasteiger charge is 2.26. The SMILES string of the molecule is CC(C)C(NC(=O)c1ccco1)C(=O)Nc1ccc(CC(=O)O)c(F)c1. The van der Waals surface area contributed by atoms with E-state index in [2.05, 4.69) is 10.6 Å². The van der Waals surface area contributed by atoms with Gasteiger partial charge in [-0.1, -0.05) is 19.9 Å². The van der Waals surface area contributed by atoms with E-state index in [4.69, 9.17) is 9.52 Å². The molecule has 7 nitrogen and oxygen atoms in total. The van der Waals surface area contributed by atoms with E-state index < -0.39 is 36.1 Å². The minimum Gasteiger partial charge on any atom is -0.481 e. The molecule has 0 aliphatic carbocycles. The number of furan rings is 1. The van der Waals surface area contributed by atoms with E-state index >= 15 is 0 Å². The van der Waals surface area contributed by atoms with Crippen LogP contribution >= 0.6 is 0 Å². The van der Waals surface area contributed by atoms with Gasteiger partial charge in [0.15, 0.2) is 5.76 Å². The predicted octanol–water partition coefficient (Wildman–Crippen LogP) is 2.44. The Balaban J connectivity index is 2.08. The van der Waals surface area contributed by atoms with E-state index in [1.54, 1.807) is 19.9 Å². The number of nitrogens with one attached hydrogen (secondary N) is 2. The van der Waals surface area contributed by atoms with Gasteiger partial charge < -0.3 is 20.2 Å². The first-order valence-corrected chi connectivity index (χ1v) is 7.93. The fourth-order valence-corrected chi connectivity index (χ4v) is 2.31. The number of benzene rings is 1. The van der Waals surface area contributed by atoms with Crippen LogP contribution in [0.2, 0.25) is 0 Å². The normalized spacial score (nSPS) is 11.8. The molecular formula is C18H19FN2O5. The van der Waals surface area contributed by atoms with Crippen molar-refractivity contribution < 1.29 is 28.3 Å². The average molecular weight is 362 g/mol. The second-order valence-electron chi connectivity index (χ2n) is 6.04. The largest absolute Gasteiger partial charge is 0.481 e. The topological polar surface area (TPSA) is 109 Å². The predicted molar refractivity (Wildman–Crippen MR) is 91.2 cm³/mol. The Labute approximate surface area is 149 Å². The highest BCUT2D eigenvalue weighted by atomic mass is 19.1. The molecule has 0 saturated heterocycles. The van der Waals surface area contributed by atoms with Gasteiger partial charge in [0.1, 0.15) is 11.9 Å². The molecule has 3 N–H and O–H groups in total. The van der Waals surface area contributed by atoms with E-state index in [0.717, 1.165) is 6.07 Å². The van der Waals surface area contributed by atoms with Crippen molar-refractivity contribution in [1.82, 2.24) is 5.32 Å². The van der Waals surface area contributed by atoms with Crippen molar-refractivity contribution in [3.05, 3.63) is 53.7 Å². The monoisotopic (exact) mass is 362 g/mol. The van der Waals surface area contributed by atoms with Crippen molar-refractivity contribution in [2.75, 3.05) is 5.32 Å². The molecule has 0 saturated carbocycles. The molecule has 26 heavy (non-hydrogen) atoms. The Kier molecular flexibility index (Phi) is 6.11. The summed E-state index contributed by atoms with van der Waals surface area (Å²) in [5.41, 5.74) is 0.182. The van der Waals surface area contributed by atoms with Crippen molar-refractivity contribution in [2.24, 2.45) is 5.92 Å². The fourth-order valence-electron chi connectivity index (χ4n) is 2.31. The third-order valence-corrected chi connectivity index (χ3v) is 3.64. The van der Waals surface area contributed by atoms with Crippen LogP contribution in [-0.2, 0) is 16.0 Å². The van der Waals surface area contributed by atoms with Crippen LogP contribution in [0.15, 0.2) is 41.0 Å². The minimum atomic E-state index is -1.15. The molecule has 0 radical (unpaired) electrons. The number of carboxylic acid groups (broad SMARTS) is 1. The molecule has 0 bridgehead atoms. The Morgan fingerprint density at radius 2 is 1.96 bits per heavy atom. The number of halogens is 1. The number of carboxylic acids is 1. The summed E-state index contributed by atoms with van der Waals surface area (Å²) in [6.07, 6.45) is 0.898. The molecular weight excluding hydrogens is 343 g/mol. The molecule has 1 aromatic carbocycles. The number of anilines is 1. The third kappa shape index (κ3) is 4.92. The lowest BCUT2D eigenvalue weighted by Gasteiger charge is -2.21. The van der Waals surface area contributed by atoms with E-state index in [1.165, 1.54) is 24.5 Å². The van der Waals surface area contributed by atoms with Crippen molar-refractivity contribution in [3.63, 3.8) is 0 Å². The number of hydrogen-bond acceptors (Lipinski definition) is 4. The fraction of sp³-hybridized carbons (Fsp3) is 0.278. The first-order chi connectivity index (χ1) is 12.3. The first-order valence-electron chi connectivity index (χ1n) is 7.93. The van der Waals surface area contributed by atoms with Gasteiger partial charge in [-0.25, -0.2) is 4.39 Å². The minimum absolute atomic E-state index is 0.0158. The van der Waals surface area contributed by atoms with E-state index in [1.807, 2.05) is 0 Å². The molecule has 138 valence electrons. The van der Waals surface area contributed by atoms with Gasteiger partial charge in [0.05, 0.1) is 12.7 Å². The number of rotatable bonds is 7. The van der Waals surface area contributed by atoms with Gasteiger partial charge in [0, 0.05) is 5.69 Å². The average Bonchev–Trinajstić information content (AvgIpc) is 3.08. The van der Waals surface area contributed by atoms with Gasteiger partial charge >= 0.3 is 5.97 Å². The second-order valence-corrected chi connectivity index (χ2v) is 6.04. The van der Waals surface area contributed by atoms with Crippen LogP contribution in [0.4, 0.5) is 10.1 Å². The standard InChI is InChI=1S/C18H19FN2O5/c1-10(2)16(21-17(24)14-4-3-7-26-14)18(25)20-12-6-5-11(8-15(22)23)13(19)9-12/h3-7,9-10,16H,8H2,1-2H3,(H,20,25)(H,21,24)(H,22,23).